The Bertz CT molecular complexity index is 1230. The summed E-state index contributed by atoms with van der Waals surface area (Å²) in [6.45, 7) is 3.11. The molecule has 2 aliphatic heterocycles. The Balaban J connectivity index is 1.52. The minimum absolute atomic E-state index is 0.0422. The fraction of sp³-hybridized carbons (Fsp3) is 0.333. The summed E-state index contributed by atoms with van der Waals surface area (Å²) in [5.41, 5.74) is 3.76. The Hall–Kier alpha value is -3.19. The van der Waals surface area contributed by atoms with Crippen molar-refractivity contribution in [2.75, 3.05) is 25.7 Å². The van der Waals surface area contributed by atoms with Crippen LogP contribution in [0.5, 0.6) is 17.2 Å². The maximum Gasteiger partial charge on any atom is 0.311 e. The quantitative estimate of drug-likeness (QED) is 0.598. The summed E-state index contributed by atoms with van der Waals surface area (Å²) in [5.74, 6) is 1.75. The van der Waals surface area contributed by atoms with Gasteiger partial charge in [-0.05, 0) is 54.3 Å². The van der Waals surface area contributed by atoms with Crippen molar-refractivity contribution in [1.82, 2.24) is 9.78 Å². The molecule has 3 aromatic rings. The first-order chi connectivity index (χ1) is 15.5. The molecular formula is C24H24ClN3O4. The molecule has 0 amide bonds. The van der Waals surface area contributed by atoms with E-state index in [0.29, 0.717) is 23.1 Å². The van der Waals surface area contributed by atoms with Crippen LogP contribution in [0.3, 0.4) is 0 Å². The number of hydrogen-bond donors (Lipinski definition) is 0. The molecule has 1 aromatic heterocycles. The molecule has 32 heavy (non-hydrogen) atoms. The second kappa shape index (κ2) is 8.06. The highest BCUT2D eigenvalue weighted by molar-refractivity contribution is 6.30. The van der Waals surface area contributed by atoms with Crippen LogP contribution in [-0.4, -0.2) is 36.6 Å². The second-order valence-electron chi connectivity index (χ2n) is 8.07. The molecule has 0 aliphatic carbocycles. The largest absolute Gasteiger partial charge is 0.493 e. The zero-order valence-corrected chi connectivity index (χ0v) is 18.9. The van der Waals surface area contributed by atoms with E-state index in [1.807, 2.05) is 31.2 Å². The van der Waals surface area contributed by atoms with Crippen molar-refractivity contribution >= 4 is 17.3 Å². The topological polar surface area (TPSA) is 65.8 Å². The van der Waals surface area contributed by atoms with E-state index in [2.05, 4.69) is 10.00 Å². The van der Waals surface area contributed by atoms with Crippen LogP contribution in [0.2, 0.25) is 5.02 Å². The molecule has 166 valence electrons. The van der Waals surface area contributed by atoms with Crippen molar-refractivity contribution in [3.8, 4) is 17.2 Å². The van der Waals surface area contributed by atoms with Gasteiger partial charge in [-0.2, -0.15) is 5.10 Å². The molecule has 7 nitrogen and oxygen atoms in total. The normalized spacial score (nSPS) is 18.8. The summed E-state index contributed by atoms with van der Waals surface area (Å²) in [6, 6.07) is 11.4. The van der Waals surface area contributed by atoms with Gasteiger partial charge in [0.25, 0.3) is 0 Å². The molecule has 0 fully saturated rings. The number of hydrogen-bond acceptors (Lipinski definition) is 6. The third kappa shape index (κ3) is 3.37. The SMILES string of the molecule is COc1cc2c(cc1OC)[C@H]1[C@H](C)Oc3c(cnn(Cc4ccc(Cl)cc4)c3=O)N1CC2. The Morgan fingerprint density at radius 2 is 1.88 bits per heavy atom. The van der Waals surface area contributed by atoms with Crippen LogP contribution in [0.1, 0.15) is 29.7 Å². The summed E-state index contributed by atoms with van der Waals surface area (Å²) in [6.07, 6.45) is 2.34. The van der Waals surface area contributed by atoms with Gasteiger partial charge in [0.15, 0.2) is 11.5 Å². The number of methoxy groups -OCH3 is 2. The summed E-state index contributed by atoms with van der Waals surface area (Å²) in [4.78, 5) is 15.4. The molecule has 0 unspecified atom stereocenters. The summed E-state index contributed by atoms with van der Waals surface area (Å²) >= 11 is 5.97. The Morgan fingerprint density at radius 3 is 2.59 bits per heavy atom. The van der Waals surface area contributed by atoms with Gasteiger partial charge in [0, 0.05) is 11.6 Å². The van der Waals surface area contributed by atoms with E-state index in [9.17, 15) is 4.79 Å². The molecule has 2 aliphatic rings. The molecule has 0 saturated carbocycles. The number of anilines is 1. The Labute approximate surface area is 191 Å². The number of benzene rings is 2. The molecule has 8 heteroatoms. The lowest BCUT2D eigenvalue weighted by Gasteiger charge is -2.45. The average Bonchev–Trinajstić information content (AvgIpc) is 2.81. The van der Waals surface area contributed by atoms with E-state index in [1.165, 1.54) is 10.2 Å². The number of ether oxygens (including phenoxy) is 3. The number of rotatable bonds is 4. The Kier molecular flexibility index (Phi) is 5.21. The molecule has 0 spiro atoms. The van der Waals surface area contributed by atoms with Crippen molar-refractivity contribution in [3.63, 3.8) is 0 Å². The van der Waals surface area contributed by atoms with Gasteiger partial charge >= 0.3 is 5.56 Å². The average molecular weight is 454 g/mol. The first-order valence-corrected chi connectivity index (χ1v) is 10.9. The van der Waals surface area contributed by atoms with Crippen molar-refractivity contribution in [2.24, 2.45) is 0 Å². The molecule has 2 atom stereocenters. The van der Waals surface area contributed by atoms with Gasteiger partial charge in [-0.1, -0.05) is 23.7 Å². The van der Waals surface area contributed by atoms with Crippen LogP contribution >= 0.6 is 11.6 Å². The van der Waals surface area contributed by atoms with Crippen molar-refractivity contribution in [2.45, 2.75) is 32.0 Å². The minimum Gasteiger partial charge on any atom is -0.493 e. The molecule has 3 heterocycles. The van der Waals surface area contributed by atoms with E-state index < -0.39 is 0 Å². The van der Waals surface area contributed by atoms with Crippen molar-refractivity contribution < 1.29 is 14.2 Å². The van der Waals surface area contributed by atoms with Crippen LogP contribution in [0, 0.1) is 0 Å². The highest BCUT2D eigenvalue weighted by Gasteiger charge is 2.40. The van der Waals surface area contributed by atoms with E-state index in [1.54, 1.807) is 32.5 Å². The van der Waals surface area contributed by atoms with Crippen LogP contribution < -0.4 is 24.7 Å². The Morgan fingerprint density at radius 1 is 1.16 bits per heavy atom. The first kappa shape index (κ1) is 20.7. The maximum atomic E-state index is 13.2. The molecule has 0 N–H and O–H groups in total. The van der Waals surface area contributed by atoms with Gasteiger partial charge in [0.1, 0.15) is 11.8 Å². The zero-order valence-electron chi connectivity index (χ0n) is 18.2. The first-order valence-electron chi connectivity index (χ1n) is 10.5. The van der Waals surface area contributed by atoms with Gasteiger partial charge < -0.3 is 19.1 Å². The third-order valence-electron chi connectivity index (χ3n) is 6.21. The van der Waals surface area contributed by atoms with Gasteiger partial charge in [0.2, 0.25) is 5.75 Å². The van der Waals surface area contributed by atoms with Gasteiger partial charge in [0.05, 0.1) is 33.0 Å². The monoisotopic (exact) mass is 453 g/mol. The summed E-state index contributed by atoms with van der Waals surface area (Å²) in [7, 11) is 3.27. The lowest BCUT2D eigenvalue weighted by molar-refractivity contribution is 0.160. The van der Waals surface area contributed by atoms with Crippen LogP contribution in [0.25, 0.3) is 0 Å². The molecular weight excluding hydrogens is 430 g/mol. The van der Waals surface area contributed by atoms with Gasteiger partial charge in [-0.25, -0.2) is 4.68 Å². The lowest BCUT2D eigenvalue weighted by atomic mass is 9.88. The molecule has 0 saturated heterocycles. The highest BCUT2D eigenvalue weighted by Crippen LogP contribution is 2.46. The van der Waals surface area contributed by atoms with Gasteiger partial charge in [-0.3, -0.25) is 4.79 Å². The molecule has 2 aromatic carbocycles. The number of aromatic nitrogens is 2. The second-order valence-corrected chi connectivity index (χ2v) is 8.50. The summed E-state index contributed by atoms with van der Waals surface area (Å²) < 4.78 is 18.6. The van der Waals surface area contributed by atoms with Gasteiger partial charge in [-0.15, -0.1) is 0 Å². The van der Waals surface area contributed by atoms with Crippen LogP contribution in [-0.2, 0) is 13.0 Å². The molecule has 0 bridgehead atoms. The number of halogens is 1. The van der Waals surface area contributed by atoms with E-state index in [0.717, 1.165) is 35.5 Å². The number of fused-ring (bicyclic) bond motifs is 5. The van der Waals surface area contributed by atoms with E-state index >= 15 is 0 Å². The highest BCUT2D eigenvalue weighted by atomic mass is 35.5. The van der Waals surface area contributed by atoms with Crippen molar-refractivity contribution in [1.29, 1.82) is 0 Å². The standard InChI is InChI=1S/C24H24ClN3O4/c1-14-22-18-11-21(31-3)20(30-2)10-16(18)8-9-27(22)19-12-26-28(24(29)23(19)32-14)13-15-4-6-17(25)7-5-15/h4-7,10-12,14,22H,8-9,13H2,1-3H3/t14-,22+/m0/s1. The fourth-order valence-corrected chi connectivity index (χ4v) is 4.78. The predicted molar refractivity (Wildman–Crippen MR) is 122 cm³/mol. The smallest absolute Gasteiger partial charge is 0.311 e. The number of nitrogens with zero attached hydrogens (tertiary/aromatic N) is 3. The summed E-state index contributed by atoms with van der Waals surface area (Å²) in [5, 5.41) is 5.10. The van der Waals surface area contributed by atoms with E-state index in [4.69, 9.17) is 25.8 Å². The maximum absolute atomic E-state index is 13.2. The predicted octanol–water partition coefficient (Wildman–Crippen LogP) is 3.85. The lowest BCUT2D eigenvalue weighted by Crippen LogP contribution is -2.48. The van der Waals surface area contributed by atoms with Crippen LogP contribution in [0.4, 0.5) is 5.69 Å². The zero-order chi connectivity index (χ0) is 22.4. The van der Waals surface area contributed by atoms with E-state index in [-0.39, 0.29) is 17.7 Å². The van der Waals surface area contributed by atoms with Crippen LogP contribution in [0.15, 0.2) is 47.4 Å². The third-order valence-corrected chi connectivity index (χ3v) is 6.46. The minimum atomic E-state index is -0.235. The molecule has 5 rings (SSSR count). The molecule has 0 radical (unpaired) electrons. The van der Waals surface area contributed by atoms with Crippen molar-refractivity contribution in [3.05, 3.63) is 74.7 Å². The fourth-order valence-electron chi connectivity index (χ4n) is 4.66.